The summed E-state index contributed by atoms with van der Waals surface area (Å²) in [5.41, 5.74) is 4.21. The average molecular weight is 380 g/mol. The van der Waals surface area contributed by atoms with Crippen molar-refractivity contribution in [3.05, 3.63) is 114 Å². The predicted molar refractivity (Wildman–Crippen MR) is 120 cm³/mol. The highest BCUT2D eigenvalue weighted by atomic mass is 16.2. The molecule has 0 aliphatic carbocycles. The number of hydrogen-bond acceptors (Lipinski definition) is 1. The van der Waals surface area contributed by atoms with Crippen molar-refractivity contribution in [3.8, 4) is 0 Å². The number of rotatable bonds is 5. The largest absolute Gasteiger partial charge is 0.322 e. The molecule has 0 saturated carbocycles. The van der Waals surface area contributed by atoms with Gasteiger partial charge >= 0.3 is 6.03 Å². The minimum absolute atomic E-state index is 0.106. The summed E-state index contributed by atoms with van der Waals surface area (Å²) >= 11 is 0. The third-order valence-corrected chi connectivity index (χ3v) is 5.05. The fraction of sp³-hybridized carbons (Fsp3) is 0.115. The van der Waals surface area contributed by atoms with Crippen LogP contribution in [0.25, 0.3) is 10.8 Å². The van der Waals surface area contributed by atoms with Gasteiger partial charge in [0, 0.05) is 18.8 Å². The maximum absolute atomic E-state index is 13.2. The molecule has 4 aromatic carbocycles. The topological polar surface area (TPSA) is 32.3 Å². The minimum Gasteiger partial charge on any atom is -0.316 e. The van der Waals surface area contributed by atoms with Gasteiger partial charge in [-0.2, -0.15) is 0 Å². The molecule has 4 rings (SSSR count). The standard InChI is InChI=1S/C26H24N2O/c1-20-14-16-24(17-15-20)27-26(29)28(18-21-8-3-2-4-9-21)19-23-12-7-11-22-10-5-6-13-25(22)23/h2-17H,18-19H2,1H3,(H,27,29). The van der Waals surface area contributed by atoms with E-state index in [9.17, 15) is 4.79 Å². The van der Waals surface area contributed by atoms with Gasteiger partial charge in [-0.05, 0) is 41.0 Å². The number of fused-ring (bicyclic) bond motifs is 1. The van der Waals surface area contributed by atoms with E-state index in [4.69, 9.17) is 0 Å². The zero-order valence-electron chi connectivity index (χ0n) is 16.5. The van der Waals surface area contributed by atoms with Gasteiger partial charge in [0.2, 0.25) is 0 Å². The van der Waals surface area contributed by atoms with Crippen LogP contribution in [0.15, 0.2) is 97.1 Å². The van der Waals surface area contributed by atoms with E-state index in [-0.39, 0.29) is 6.03 Å². The normalized spacial score (nSPS) is 10.7. The Labute approximate surface area is 171 Å². The van der Waals surface area contributed by atoms with Gasteiger partial charge in [0.15, 0.2) is 0 Å². The molecule has 0 aromatic heterocycles. The van der Waals surface area contributed by atoms with E-state index >= 15 is 0 Å². The molecule has 0 saturated heterocycles. The summed E-state index contributed by atoms with van der Waals surface area (Å²) in [5, 5.41) is 5.41. The molecule has 2 amide bonds. The Balaban J connectivity index is 1.62. The van der Waals surface area contributed by atoms with E-state index < -0.39 is 0 Å². The van der Waals surface area contributed by atoms with Crippen LogP contribution in [0.2, 0.25) is 0 Å². The summed E-state index contributed by atoms with van der Waals surface area (Å²) in [4.78, 5) is 15.0. The monoisotopic (exact) mass is 380 g/mol. The molecule has 0 aliphatic rings. The van der Waals surface area contributed by atoms with E-state index in [1.54, 1.807) is 0 Å². The Morgan fingerprint density at radius 1 is 0.759 bits per heavy atom. The maximum Gasteiger partial charge on any atom is 0.322 e. The van der Waals surface area contributed by atoms with Crippen molar-refractivity contribution in [1.29, 1.82) is 0 Å². The van der Waals surface area contributed by atoms with Crippen molar-refractivity contribution >= 4 is 22.5 Å². The van der Waals surface area contributed by atoms with E-state index in [0.29, 0.717) is 13.1 Å². The van der Waals surface area contributed by atoms with E-state index in [1.165, 1.54) is 16.3 Å². The van der Waals surface area contributed by atoms with Gasteiger partial charge < -0.3 is 10.2 Å². The summed E-state index contributed by atoms with van der Waals surface area (Å²) in [5.74, 6) is 0. The molecule has 3 nitrogen and oxygen atoms in total. The number of amides is 2. The number of nitrogens with zero attached hydrogens (tertiary/aromatic N) is 1. The van der Waals surface area contributed by atoms with Gasteiger partial charge in [-0.25, -0.2) is 4.79 Å². The lowest BCUT2D eigenvalue weighted by Gasteiger charge is -2.24. The number of nitrogens with one attached hydrogen (secondary N) is 1. The van der Waals surface area contributed by atoms with Gasteiger partial charge in [0.25, 0.3) is 0 Å². The number of carbonyl (C=O) groups is 1. The molecular formula is C26H24N2O. The highest BCUT2D eigenvalue weighted by molar-refractivity contribution is 5.90. The number of benzene rings is 4. The maximum atomic E-state index is 13.2. The van der Waals surface area contributed by atoms with Crippen LogP contribution in [0.5, 0.6) is 0 Å². The first-order valence-corrected chi connectivity index (χ1v) is 9.82. The summed E-state index contributed by atoms with van der Waals surface area (Å²) in [6.07, 6.45) is 0. The van der Waals surface area contributed by atoms with Crippen LogP contribution in [-0.2, 0) is 13.1 Å². The van der Waals surface area contributed by atoms with Crippen molar-refractivity contribution in [2.75, 3.05) is 5.32 Å². The zero-order valence-corrected chi connectivity index (χ0v) is 16.5. The van der Waals surface area contributed by atoms with E-state index in [2.05, 4.69) is 47.8 Å². The third-order valence-electron chi connectivity index (χ3n) is 5.05. The summed E-state index contributed by atoms with van der Waals surface area (Å²) < 4.78 is 0. The van der Waals surface area contributed by atoms with Gasteiger partial charge in [0.05, 0.1) is 0 Å². The van der Waals surface area contributed by atoms with Crippen LogP contribution < -0.4 is 5.32 Å². The van der Waals surface area contributed by atoms with Crippen molar-refractivity contribution in [2.45, 2.75) is 20.0 Å². The molecule has 0 radical (unpaired) electrons. The van der Waals surface area contributed by atoms with Gasteiger partial charge in [-0.1, -0.05) is 90.5 Å². The molecule has 0 heterocycles. The molecule has 3 heteroatoms. The lowest BCUT2D eigenvalue weighted by Crippen LogP contribution is -2.34. The van der Waals surface area contributed by atoms with Crippen LogP contribution in [-0.4, -0.2) is 10.9 Å². The number of aryl methyl sites for hydroxylation is 1. The molecule has 29 heavy (non-hydrogen) atoms. The third kappa shape index (κ3) is 4.64. The zero-order chi connectivity index (χ0) is 20.1. The van der Waals surface area contributed by atoms with Crippen molar-refractivity contribution < 1.29 is 4.79 Å². The quantitative estimate of drug-likeness (QED) is 0.428. The molecule has 4 aromatic rings. The molecule has 0 spiro atoms. The van der Waals surface area contributed by atoms with Crippen LogP contribution in [0, 0.1) is 6.92 Å². The Kier molecular flexibility index (Phi) is 5.57. The number of urea groups is 1. The molecule has 0 atom stereocenters. The summed E-state index contributed by atoms with van der Waals surface area (Å²) in [6.45, 7) is 3.11. The number of hydrogen-bond donors (Lipinski definition) is 1. The van der Waals surface area contributed by atoms with E-state index in [1.807, 2.05) is 66.4 Å². The number of anilines is 1. The molecule has 144 valence electrons. The molecule has 0 unspecified atom stereocenters. The SMILES string of the molecule is Cc1ccc(NC(=O)N(Cc2ccccc2)Cc2cccc3ccccc23)cc1. The van der Waals surface area contributed by atoms with Gasteiger partial charge in [0.1, 0.15) is 0 Å². The smallest absolute Gasteiger partial charge is 0.316 e. The second-order valence-electron chi connectivity index (χ2n) is 7.28. The molecule has 0 bridgehead atoms. The fourth-order valence-corrected chi connectivity index (χ4v) is 3.48. The Morgan fingerprint density at radius 2 is 1.45 bits per heavy atom. The average Bonchev–Trinajstić information content (AvgIpc) is 2.76. The predicted octanol–water partition coefficient (Wildman–Crippen LogP) is 6.38. The number of carbonyl (C=O) groups excluding carboxylic acids is 1. The van der Waals surface area contributed by atoms with Crippen molar-refractivity contribution in [2.24, 2.45) is 0 Å². The van der Waals surface area contributed by atoms with Crippen LogP contribution >= 0.6 is 0 Å². The lowest BCUT2D eigenvalue weighted by molar-refractivity contribution is 0.206. The molecule has 1 N–H and O–H groups in total. The highest BCUT2D eigenvalue weighted by Gasteiger charge is 2.16. The van der Waals surface area contributed by atoms with Crippen LogP contribution in [0.1, 0.15) is 16.7 Å². The second kappa shape index (κ2) is 8.61. The van der Waals surface area contributed by atoms with Crippen molar-refractivity contribution in [3.63, 3.8) is 0 Å². The highest BCUT2D eigenvalue weighted by Crippen LogP contribution is 2.21. The molecular weight excluding hydrogens is 356 g/mol. The Morgan fingerprint density at radius 3 is 2.24 bits per heavy atom. The second-order valence-corrected chi connectivity index (χ2v) is 7.28. The van der Waals surface area contributed by atoms with Gasteiger partial charge in [-0.15, -0.1) is 0 Å². The van der Waals surface area contributed by atoms with Crippen LogP contribution in [0.3, 0.4) is 0 Å². The van der Waals surface area contributed by atoms with Crippen molar-refractivity contribution in [1.82, 2.24) is 4.90 Å². The molecule has 0 fully saturated rings. The first kappa shape index (κ1) is 18.8. The van der Waals surface area contributed by atoms with Crippen LogP contribution in [0.4, 0.5) is 10.5 Å². The Hall–Kier alpha value is -3.59. The fourth-order valence-electron chi connectivity index (χ4n) is 3.48. The van der Waals surface area contributed by atoms with E-state index in [0.717, 1.165) is 16.8 Å². The summed E-state index contributed by atoms with van der Waals surface area (Å²) in [6, 6.07) is 32.4. The van der Waals surface area contributed by atoms with Gasteiger partial charge in [-0.3, -0.25) is 0 Å². The minimum atomic E-state index is -0.106. The summed E-state index contributed by atoms with van der Waals surface area (Å²) in [7, 11) is 0. The Bertz CT molecular complexity index is 1100. The first-order chi connectivity index (χ1) is 14.2. The molecule has 0 aliphatic heterocycles. The first-order valence-electron chi connectivity index (χ1n) is 9.82. The lowest BCUT2D eigenvalue weighted by atomic mass is 10.0.